The number of hydrogen-bond donors (Lipinski definition) is 2. The van der Waals surface area contributed by atoms with E-state index in [2.05, 4.69) is 10.3 Å². The maximum atomic E-state index is 10.9. The van der Waals surface area contributed by atoms with Crippen LogP contribution in [-0.2, 0) is 17.7 Å². The number of carboxylic acids is 1. The predicted molar refractivity (Wildman–Crippen MR) is 63.5 cm³/mol. The zero-order chi connectivity index (χ0) is 13.7. The number of rotatable bonds is 7. The highest BCUT2D eigenvalue weighted by molar-refractivity contribution is 5.86. The zero-order valence-corrected chi connectivity index (χ0v) is 10.8. The van der Waals surface area contributed by atoms with Crippen molar-refractivity contribution in [2.45, 2.75) is 45.9 Å². The van der Waals surface area contributed by atoms with Crippen LogP contribution in [0.25, 0.3) is 0 Å². The molecule has 1 unspecified atom stereocenters. The van der Waals surface area contributed by atoms with E-state index < -0.39 is 12.1 Å². The van der Waals surface area contributed by atoms with Crippen LogP contribution in [0.15, 0.2) is 0 Å². The SMILES string of the molecule is CCc1c(C(=O)O)nnn1CC(O)COC(C)C. The van der Waals surface area contributed by atoms with Crippen LogP contribution < -0.4 is 0 Å². The van der Waals surface area contributed by atoms with Crippen molar-refractivity contribution in [3.05, 3.63) is 11.4 Å². The molecule has 7 heteroatoms. The highest BCUT2D eigenvalue weighted by Gasteiger charge is 2.19. The molecule has 0 saturated carbocycles. The highest BCUT2D eigenvalue weighted by atomic mass is 16.5. The van der Waals surface area contributed by atoms with Crippen molar-refractivity contribution in [1.29, 1.82) is 0 Å². The molecule has 0 fully saturated rings. The van der Waals surface area contributed by atoms with E-state index in [1.165, 1.54) is 4.68 Å². The fourth-order valence-corrected chi connectivity index (χ4v) is 1.55. The zero-order valence-electron chi connectivity index (χ0n) is 10.8. The van der Waals surface area contributed by atoms with Gasteiger partial charge in [-0.2, -0.15) is 0 Å². The summed E-state index contributed by atoms with van der Waals surface area (Å²) in [6.45, 7) is 5.93. The summed E-state index contributed by atoms with van der Waals surface area (Å²) in [6, 6.07) is 0. The van der Waals surface area contributed by atoms with Gasteiger partial charge in [0.2, 0.25) is 0 Å². The molecule has 0 bridgehead atoms. The summed E-state index contributed by atoms with van der Waals surface area (Å²) < 4.78 is 6.69. The number of aromatic nitrogens is 3. The predicted octanol–water partition coefficient (Wildman–Crippen LogP) is 0.325. The van der Waals surface area contributed by atoms with Gasteiger partial charge >= 0.3 is 5.97 Å². The van der Waals surface area contributed by atoms with E-state index in [1.807, 2.05) is 20.8 Å². The Morgan fingerprint density at radius 1 is 1.50 bits per heavy atom. The smallest absolute Gasteiger partial charge is 0.358 e. The van der Waals surface area contributed by atoms with Gasteiger partial charge in [0.15, 0.2) is 5.69 Å². The van der Waals surface area contributed by atoms with Crippen molar-refractivity contribution in [2.75, 3.05) is 6.61 Å². The molecular formula is C11H19N3O4. The van der Waals surface area contributed by atoms with E-state index in [0.717, 1.165) is 0 Å². The van der Waals surface area contributed by atoms with Crippen molar-refractivity contribution in [2.24, 2.45) is 0 Å². The second-order valence-corrected chi connectivity index (χ2v) is 4.26. The van der Waals surface area contributed by atoms with E-state index in [-0.39, 0.29) is 24.9 Å². The molecular weight excluding hydrogens is 238 g/mol. The molecule has 0 radical (unpaired) electrons. The standard InChI is InChI=1S/C11H19N3O4/c1-4-9-10(11(16)17)12-13-14(9)5-8(15)6-18-7(2)3/h7-8,15H,4-6H2,1-3H3,(H,16,17). The minimum atomic E-state index is -1.11. The molecule has 1 heterocycles. The molecule has 0 spiro atoms. The Bertz CT molecular complexity index is 403. The van der Waals surface area contributed by atoms with E-state index in [9.17, 15) is 9.90 Å². The average molecular weight is 257 g/mol. The minimum Gasteiger partial charge on any atom is -0.476 e. The first-order valence-electron chi connectivity index (χ1n) is 5.91. The van der Waals surface area contributed by atoms with Gasteiger partial charge in [0, 0.05) is 0 Å². The van der Waals surface area contributed by atoms with Crippen LogP contribution in [0.4, 0.5) is 0 Å². The van der Waals surface area contributed by atoms with Gasteiger partial charge in [-0.1, -0.05) is 12.1 Å². The molecule has 1 aromatic rings. The first-order chi connectivity index (χ1) is 8.45. The van der Waals surface area contributed by atoms with Crippen LogP contribution in [0.2, 0.25) is 0 Å². The fourth-order valence-electron chi connectivity index (χ4n) is 1.55. The first kappa shape index (κ1) is 14.6. The lowest BCUT2D eigenvalue weighted by Gasteiger charge is -2.14. The number of carbonyl (C=O) groups is 1. The Kier molecular flexibility index (Phi) is 5.24. The molecule has 2 N–H and O–H groups in total. The van der Waals surface area contributed by atoms with Gasteiger partial charge in [0.05, 0.1) is 31.1 Å². The molecule has 1 atom stereocenters. The number of carboxylic acid groups (broad SMARTS) is 1. The third kappa shape index (κ3) is 3.78. The summed E-state index contributed by atoms with van der Waals surface area (Å²) >= 11 is 0. The number of hydrogen-bond acceptors (Lipinski definition) is 5. The molecule has 102 valence electrons. The Balaban J connectivity index is 2.69. The lowest BCUT2D eigenvalue weighted by Crippen LogP contribution is -2.25. The van der Waals surface area contributed by atoms with Gasteiger partial charge in [-0.3, -0.25) is 0 Å². The molecule has 0 aliphatic heterocycles. The van der Waals surface area contributed by atoms with Crippen LogP contribution in [-0.4, -0.2) is 50.0 Å². The van der Waals surface area contributed by atoms with Crippen molar-refractivity contribution in [3.8, 4) is 0 Å². The van der Waals surface area contributed by atoms with Crippen LogP contribution in [0.3, 0.4) is 0 Å². The molecule has 0 saturated heterocycles. The van der Waals surface area contributed by atoms with Gasteiger partial charge in [-0.25, -0.2) is 9.48 Å². The highest BCUT2D eigenvalue weighted by Crippen LogP contribution is 2.07. The van der Waals surface area contributed by atoms with Crippen molar-refractivity contribution >= 4 is 5.97 Å². The normalized spacial score (nSPS) is 12.9. The molecule has 0 aromatic carbocycles. The Morgan fingerprint density at radius 2 is 2.17 bits per heavy atom. The summed E-state index contributed by atoms with van der Waals surface area (Å²) in [7, 11) is 0. The summed E-state index contributed by atoms with van der Waals surface area (Å²) in [5.74, 6) is -1.11. The molecule has 0 aliphatic carbocycles. The van der Waals surface area contributed by atoms with Crippen molar-refractivity contribution in [3.63, 3.8) is 0 Å². The number of aliphatic hydroxyl groups excluding tert-OH is 1. The molecule has 7 nitrogen and oxygen atoms in total. The van der Waals surface area contributed by atoms with Crippen LogP contribution in [0.1, 0.15) is 37.0 Å². The van der Waals surface area contributed by atoms with Gasteiger partial charge < -0.3 is 14.9 Å². The number of aromatic carboxylic acids is 1. The average Bonchev–Trinajstić information content (AvgIpc) is 2.69. The third-order valence-corrected chi connectivity index (χ3v) is 2.38. The maximum absolute atomic E-state index is 10.9. The monoisotopic (exact) mass is 257 g/mol. The van der Waals surface area contributed by atoms with Gasteiger partial charge in [0.25, 0.3) is 0 Å². The van der Waals surface area contributed by atoms with E-state index in [1.54, 1.807) is 0 Å². The van der Waals surface area contributed by atoms with Gasteiger partial charge in [0.1, 0.15) is 0 Å². The lowest BCUT2D eigenvalue weighted by atomic mass is 10.2. The summed E-state index contributed by atoms with van der Waals surface area (Å²) in [4.78, 5) is 10.9. The molecule has 0 amide bonds. The Morgan fingerprint density at radius 3 is 2.67 bits per heavy atom. The number of aliphatic hydroxyl groups is 1. The summed E-state index contributed by atoms with van der Waals surface area (Å²) in [6.07, 6.45) is -0.205. The van der Waals surface area contributed by atoms with Crippen LogP contribution in [0, 0.1) is 0 Å². The van der Waals surface area contributed by atoms with Gasteiger partial charge in [-0.05, 0) is 20.3 Å². The van der Waals surface area contributed by atoms with Crippen LogP contribution in [0.5, 0.6) is 0 Å². The first-order valence-corrected chi connectivity index (χ1v) is 5.91. The Labute approximate surface area is 105 Å². The van der Waals surface area contributed by atoms with Gasteiger partial charge in [-0.15, -0.1) is 5.10 Å². The summed E-state index contributed by atoms with van der Waals surface area (Å²) in [5, 5.41) is 26.0. The van der Waals surface area contributed by atoms with Crippen LogP contribution >= 0.6 is 0 Å². The topological polar surface area (TPSA) is 97.5 Å². The largest absolute Gasteiger partial charge is 0.476 e. The second kappa shape index (κ2) is 6.46. The quantitative estimate of drug-likeness (QED) is 0.730. The molecule has 0 aliphatic rings. The minimum absolute atomic E-state index is 0.0376. The van der Waals surface area contributed by atoms with E-state index in [4.69, 9.17) is 9.84 Å². The molecule has 1 rings (SSSR count). The third-order valence-electron chi connectivity index (χ3n) is 2.38. The van der Waals surface area contributed by atoms with E-state index >= 15 is 0 Å². The molecule has 1 aromatic heterocycles. The van der Waals surface area contributed by atoms with Crippen molar-refractivity contribution < 1.29 is 19.7 Å². The fraction of sp³-hybridized carbons (Fsp3) is 0.727. The van der Waals surface area contributed by atoms with E-state index in [0.29, 0.717) is 12.1 Å². The maximum Gasteiger partial charge on any atom is 0.358 e. The van der Waals surface area contributed by atoms with Crippen molar-refractivity contribution in [1.82, 2.24) is 15.0 Å². The lowest BCUT2D eigenvalue weighted by molar-refractivity contribution is -0.00250. The number of ether oxygens (including phenoxy) is 1. The Hall–Kier alpha value is -1.47. The second-order valence-electron chi connectivity index (χ2n) is 4.26. The number of nitrogens with zero attached hydrogens (tertiary/aromatic N) is 3. The summed E-state index contributed by atoms with van der Waals surface area (Å²) in [5.41, 5.74) is 0.445. The molecule has 18 heavy (non-hydrogen) atoms.